The van der Waals surface area contributed by atoms with E-state index < -0.39 is 11.9 Å². The van der Waals surface area contributed by atoms with E-state index in [0.717, 1.165) is 18.8 Å². The Morgan fingerprint density at radius 1 is 1.34 bits per heavy atom. The lowest BCUT2D eigenvalue weighted by Crippen LogP contribution is -2.36. The van der Waals surface area contributed by atoms with Crippen molar-refractivity contribution in [2.75, 3.05) is 19.0 Å². The Labute approximate surface area is 172 Å². The second-order valence-electron chi connectivity index (χ2n) is 7.20. The van der Waals surface area contributed by atoms with Crippen molar-refractivity contribution in [1.82, 2.24) is 9.88 Å². The van der Waals surface area contributed by atoms with E-state index in [2.05, 4.69) is 17.1 Å². The minimum absolute atomic E-state index is 0.170. The Balaban J connectivity index is 1.66. The van der Waals surface area contributed by atoms with Gasteiger partial charge in [-0.15, -0.1) is 11.3 Å². The first-order valence-electron chi connectivity index (χ1n) is 9.66. The highest BCUT2D eigenvalue weighted by Crippen LogP contribution is 2.36. The highest BCUT2D eigenvalue weighted by Gasteiger charge is 2.24. The molecule has 0 spiro atoms. The fraction of sp³-hybridized carbons (Fsp3) is 0.381. The van der Waals surface area contributed by atoms with Gasteiger partial charge < -0.3 is 14.5 Å². The number of pyridine rings is 1. The van der Waals surface area contributed by atoms with Crippen LogP contribution in [0.2, 0.25) is 0 Å². The van der Waals surface area contributed by atoms with Crippen LogP contribution in [0.3, 0.4) is 0 Å². The van der Waals surface area contributed by atoms with Gasteiger partial charge in [0.05, 0.1) is 24.8 Å². The number of nitrogens with one attached hydrogen (secondary N) is 1. The van der Waals surface area contributed by atoms with Crippen molar-refractivity contribution < 1.29 is 18.7 Å². The molecule has 4 heterocycles. The quantitative estimate of drug-likeness (QED) is 0.628. The number of hydrogen-bond acceptors (Lipinski definition) is 7. The maximum Gasteiger partial charge on any atom is 0.350 e. The standard InChI is InChI=1S/C21H23N3O4S/c1-13-6-3-4-10-24(13)12-14-8-9-15-17(23-19(25)16-7-5-11-28-16)18(21(26)27-2)29-20(15)22-14/h5,7-9,11,13H,3-4,6,10,12H2,1-2H3,(H,23,25). The molecule has 1 fully saturated rings. The summed E-state index contributed by atoms with van der Waals surface area (Å²) in [6.45, 7) is 4.10. The molecule has 1 N–H and O–H groups in total. The van der Waals surface area contributed by atoms with Gasteiger partial charge in [0.1, 0.15) is 9.71 Å². The molecule has 1 aliphatic rings. The normalized spacial score (nSPS) is 17.4. The van der Waals surface area contributed by atoms with Crippen molar-refractivity contribution in [3.63, 3.8) is 0 Å². The first-order chi connectivity index (χ1) is 14.1. The van der Waals surface area contributed by atoms with Gasteiger partial charge in [-0.1, -0.05) is 6.42 Å². The van der Waals surface area contributed by atoms with Crippen LogP contribution in [0.1, 0.15) is 52.1 Å². The third-order valence-corrected chi connectivity index (χ3v) is 6.35. The number of thiophene rings is 1. The number of likely N-dealkylation sites (tertiary alicyclic amines) is 1. The number of piperidine rings is 1. The van der Waals surface area contributed by atoms with Gasteiger partial charge >= 0.3 is 5.97 Å². The van der Waals surface area contributed by atoms with E-state index in [0.29, 0.717) is 26.8 Å². The summed E-state index contributed by atoms with van der Waals surface area (Å²) in [5, 5.41) is 3.50. The number of fused-ring (bicyclic) bond motifs is 1. The van der Waals surface area contributed by atoms with Gasteiger partial charge in [-0.2, -0.15) is 0 Å². The molecule has 3 aromatic rings. The van der Waals surface area contributed by atoms with E-state index in [1.165, 1.54) is 44.0 Å². The van der Waals surface area contributed by atoms with Gasteiger partial charge in [0, 0.05) is 18.0 Å². The van der Waals surface area contributed by atoms with Gasteiger partial charge in [0.2, 0.25) is 0 Å². The van der Waals surface area contributed by atoms with Crippen LogP contribution < -0.4 is 5.32 Å². The fourth-order valence-corrected chi connectivity index (χ4v) is 4.71. The van der Waals surface area contributed by atoms with Crippen molar-refractivity contribution in [3.05, 3.63) is 46.9 Å². The Hall–Kier alpha value is -2.71. The summed E-state index contributed by atoms with van der Waals surface area (Å²) in [7, 11) is 1.32. The Morgan fingerprint density at radius 3 is 2.93 bits per heavy atom. The predicted octanol–water partition coefficient (Wildman–Crippen LogP) is 4.30. The zero-order valence-electron chi connectivity index (χ0n) is 16.4. The van der Waals surface area contributed by atoms with E-state index in [9.17, 15) is 9.59 Å². The van der Waals surface area contributed by atoms with Crippen LogP contribution in [0.15, 0.2) is 34.9 Å². The first kappa shape index (κ1) is 19.6. The minimum Gasteiger partial charge on any atom is -0.465 e. The third-order valence-electron chi connectivity index (χ3n) is 5.27. The van der Waals surface area contributed by atoms with Crippen LogP contribution in [-0.2, 0) is 11.3 Å². The molecule has 1 atom stereocenters. The van der Waals surface area contributed by atoms with Crippen molar-refractivity contribution in [2.24, 2.45) is 0 Å². The SMILES string of the molecule is COC(=O)c1sc2nc(CN3CCCCC3C)ccc2c1NC(=O)c1ccco1. The van der Waals surface area contributed by atoms with Gasteiger partial charge in [0.25, 0.3) is 5.91 Å². The third kappa shape index (κ3) is 4.04. The molecule has 1 unspecified atom stereocenters. The van der Waals surface area contributed by atoms with Crippen molar-refractivity contribution >= 4 is 39.1 Å². The zero-order chi connectivity index (χ0) is 20.4. The van der Waals surface area contributed by atoms with E-state index >= 15 is 0 Å². The van der Waals surface area contributed by atoms with Crippen molar-refractivity contribution in [3.8, 4) is 0 Å². The fourth-order valence-electron chi connectivity index (χ4n) is 3.65. The van der Waals surface area contributed by atoms with Gasteiger partial charge in [-0.05, 0) is 50.6 Å². The van der Waals surface area contributed by atoms with Crippen molar-refractivity contribution in [1.29, 1.82) is 0 Å². The van der Waals surface area contributed by atoms with Crippen LogP contribution in [-0.4, -0.2) is 41.5 Å². The highest BCUT2D eigenvalue weighted by molar-refractivity contribution is 7.21. The molecule has 0 radical (unpaired) electrons. The van der Waals surface area contributed by atoms with E-state index in [1.54, 1.807) is 12.1 Å². The van der Waals surface area contributed by atoms with Crippen molar-refractivity contribution in [2.45, 2.75) is 38.8 Å². The molecule has 0 saturated carbocycles. The Kier molecular flexibility index (Phi) is 5.64. The number of aromatic nitrogens is 1. The number of rotatable bonds is 5. The van der Waals surface area contributed by atoms with Crippen LogP contribution in [0.4, 0.5) is 5.69 Å². The number of anilines is 1. The van der Waals surface area contributed by atoms with Gasteiger partial charge in [-0.25, -0.2) is 9.78 Å². The average Bonchev–Trinajstić information content (AvgIpc) is 3.38. The van der Waals surface area contributed by atoms with E-state index in [1.807, 2.05) is 12.1 Å². The smallest absolute Gasteiger partial charge is 0.350 e. The number of carbonyl (C=O) groups is 2. The molecule has 8 heteroatoms. The number of esters is 1. The molecule has 0 aromatic carbocycles. The summed E-state index contributed by atoms with van der Waals surface area (Å²) < 4.78 is 10.1. The molecule has 1 saturated heterocycles. The lowest BCUT2D eigenvalue weighted by molar-refractivity contribution is 0.0607. The topological polar surface area (TPSA) is 84.7 Å². The summed E-state index contributed by atoms with van der Waals surface area (Å²) in [4.78, 5) is 33.0. The van der Waals surface area contributed by atoms with E-state index in [4.69, 9.17) is 14.1 Å². The van der Waals surface area contributed by atoms with Crippen LogP contribution in [0.5, 0.6) is 0 Å². The predicted molar refractivity (Wildman–Crippen MR) is 111 cm³/mol. The molecular weight excluding hydrogens is 390 g/mol. The summed E-state index contributed by atoms with van der Waals surface area (Å²) in [5.41, 5.74) is 1.36. The molecule has 3 aromatic heterocycles. The number of nitrogens with zero attached hydrogens (tertiary/aromatic N) is 2. The van der Waals surface area contributed by atoms with Gasteiger partial charge in [-0.3, -0.25) is 9.69 Å². The minimum atomic E-state index is -0.506. The molecule has 7 nitrogen and oxygen atoms in total. The Morgan fingerprint density at radius 2 is 2.21 bits per heavy atom. The Bertz CT molecular complexity index is 1030. The average molecular weight is 413 g/mol. The number of carbonyl (C=O) groups excluding carboxylic acids is 2. The number of furan rings is 1. The number of ether oxygens (including phenoxy) is 1. The highest BCUT2D eigenvalue weighted by atomic mass is 32.1. The lowest BCUT2D eigenvalue weighted by Gasteiger charge is -2.32. The second kappa shape index (κ2) is 8.34. The summed E-state index contributed by atoms with van der Waals surface area (Å²) >= 11 is 1.22. The molecule has 1 aliphatic heterocycles. The molecule has 29 heavy (non-hydrogen) atoms. The molecule has 0 aliphatic carbocycles. The van der Waals surface area contributed by atoms with Gasteiger partial charge in [0.15, 0.2) is 5.76 Å². The first-order valence-corrected chi connectivity index (χ1v) is 10.5. The molecule has 4 rings (SSSR count). The summed E-state index contributed by atoms with van der Waals surface area (Å²) in [5.74, 6) is -0.760. The number of amides is 1. The molecule has 1 amide bonds. The van der Waals surface area contributed by atoms with E-state index in [-0.39, 0.29) is 5.76 Å². The van der Waals surface area contributed by atoms with Crippen LogP contribution in [0, 0.1) is 0 Å². The monoisotopic (exact) mass is 413 g/mol. The summed E-state index contributed by atoms with van der Waals surface area (Å²) in [6.07, 6.45) is 5.12. The van der Waals surface area contributed by atoms with Crippen LogP contribution >= 0.6 is 11.3 Å². The number of hydrogen-bond donors (Lipinski definition) is 1. The maximum atomic E-state index is 12.5. The largest absolute Gasteiger partial charge is 0.465 e. The molecular formula is C21H23N3O4S. The number of methoxy groups -OCH3 is 1. The second-order valence-corrected chi connectivity index (χ2v) is 8.20. The molecule has 0 bridgehead atoms. The summed E-state index contributed by atoms with van der Waals surface area (Å²) in [6, 6.07) is 7.61. The zero-order valence-corrected chi connectivity index (χ0v) is 17.3. The van der Waals surface area contributed by atoms with Crippen LogP contribution in [0.25, 0.3) is 10.2 Å². The maximum absolute atomic E-state index is 12.5. The lowest BCUT2D eigenvalue weighted by atomic mass is 10.0. The molecule has 152 valence electrons.